The summed E-state index contributed by atoms with van der Waals surface area (Å²) in [6.07, 6.45) is 5.27. The fraction of sp³-hybridized carbons (Fsp3) is 0.588. The van der Waals surface area contributed by atoms with Gasteiger partial charge in [0, 0.05) is 64.3 Å². The van der Waals surface area contributed by atoms with Crippen LogP contribution in [-0.2, 0) is 20.4 Å². The minimum atomic E-state index is -3.43. The molecule has 10 heteroatoms. The lowest BCUT2D eigenvalue weighted by atomic mass is 9.75. The maximum absolute atomic E-state index is 12.4. The highest BCUT2D eigenvalue weighted by Gasteiger charge is 2.43. The van der Waals surface area contributed by atoms with Gasteiger partial charge < -0.3 is 9.26 Å². The van der Waals surface area contributed by atoms with Crippen LogP contribution in [0.15, 0.2) is 29.0 Å². The Balaban J connectivity index is 1.84. The average Bonchev–Trinajstić information content (AvgIpc) is 3.18. The van der Waals surface area contributed by atoms with Gasteiger partial charge in [-0.2, -0.15) is 22.0 Å². The van der Waals surface area contributed by atoms with Crippen molar-refractivity contribution in [3.8, 4) is 11.5 Å². The molecule has 1 fully saturated rings. The van der Waals surface area contributed by atoms with Crippen LogP contribution in [0.5, 0.6) is 0 Å². The number of pyridine rings is 1. The predicted molar refractivity (Wildman–Crippen MR) is 99.1 cm³/mol. The molecular weight excluding hydrogens is 370 g/mol. The molecule has 0 bridgehead atoms. The monoisotopic (exact) mass is 395 g/mol. The SMILES string of the molecule is COCCC1(c2noc(-c3ccncc3)n2)CCN(S(=O)(=O)N(C)C)CC1. The first kappa shape index (κ1) is 19.9. The molecule has 0 spiro atoms. The number of nitrogens with zero attached hydrogens (tertiary/aromatic N) is 5. The number of ether oxygens (including phenoxy) is 1. The largest absolute Gasteiger partial charge is 0.385 e. The van der Waals surface area contributed by atoms with Gasteiger partial charge in [0.05, 0.1) is 0 Å². The summed E-state index contributed by atoms with van der Waals surface area (Å²) in [5.41, 5.74) is 0.432. The smallest absolute Gasteiger partial charge is 0.281 e. The maximum atomic E-state index is 12.4. The summed E-state index contributed by atoms with van der Waals surface area (Å²) in [5, 5.41) is 4.22. The lowest BCUT2D eigenvalue weighted by molar-refractivity contribution is 0.130. The molecule has 0 aromatic carbocycles. The summed E-state index contributed by atoms with van der Waals surface area (Å²) >= 11 is 0. The van der Waals surface area contributed by atoms with Crippen LogP contribution < -0.4 is 0 Å². The summed E-state index contributed by atoms with van der Waals surface area (Å²) < 4.78 is 38.3. The maximum Gasteiger partial charge on any atom is 0.281 e. The van der Waals surface area contributed by atoms with Crippen LogP contribution in [0.25, 0.3) is 11.5 Å². The van der Waals surface area contributed by atoms with Gasteiger partial charge in [-0.3, -0.25) is 4.98 Å². The Morgan fingerprint density at radius 1 is 1.26 bits per heavy atom. The second kappa shape index (κ2) is 8.01. The molecule has 0 aliphatic carbocycles. The van der Waals surface area contributed by atoms with Crippen LogP contribution in [0.3, 0.4) is 0 Å². The highest BCUT2D eigenvalue weighted by molar-refractivity contribution is 7.86. The number of piperidine rings is 1. The average molecular weight is 395 g/mol. The third-order valence-corrected chi connectivity index (χ3v) is 7.02. The lowest BCUT2D eigenvalue weighted by Gasteiger charge is -2.39. The Morgan fingerprint density at radius 2 is 1.93 bits per heavy atom. The Bertz CT molecular complexity index is 845. The van der Waals surface area contributed by atoms with Crippen molar-refractivity contribution in [1.82, 2.24) is 23.7 Å². The molecule has 3 heterocycles. The molecular formula is C17H25N5O4S. The number of hydrogen-bond acceptors (Lipinski definition) is 7. The molecule has 0 radical (unpaired) electrons. The van der Waals surface area contributed by atoms with E-state index < -0.39 is 10.2 Å². The van der Waals surface area contributed by atoms with Gasteiger partial charge in [0.25, 0.3) is 16.1 Å². The standard InChI is InChI=1S/C17H25N5O4S/c1-21(2)27(23,24)22-11-6-17(7-12-22,8-13-25-3)16-19-15(26-20-16)14-4-9-18-10-5-14/h4-5,9-10H,6-8,11-13H2,1-3H3. The number of rotatable bonds is 7. The number of methoxy groups -OCH3 is 1. The summed E-state index contributed by atoms with van der Waals surface area (Å²) in [6.45, 7) is 1.35. The minimum absolute atomic E-state index is 0.372. The molecule has 9 nitrogen and oxygen atoms in total. The van der Waals surface area contributed by atoms with E-state index in [1.165, 1.54) is 8.61 Å². The zero-order chi connectivity index (χ0) is 19.5. The summed E-state index contributed by atoms with van der Waals surface area (Å²) in [4.78, 5) is 8.61. The summed E-state index contributed by atoms with van der Waals surface area (Å²) in [5.74, 6) is 1.04. The van der Waals surface area contributed by atoms with Crippen molar-refractivity contribution >= 4 is 10.2 Å². The zero-order valence-corrected chi connectivity index (χ0v) is 16.6. The summed E-state index contributed by atoms with van der Waals surface area (Å²) in [6, 6.07) is 3.62. The number of hydrogen-bond donors (Lipinski definition) is 0. The van der Waals surface area contributed by atoms with Crippen LogP contribution in [0, 0.1) is 0 Å². The molecule has 0 N–H and O–H groups in total. The van der Waals surface area contributed by atoms with E-state index in [4.69, 9.17) is 9.26 Å². The van der Waals surface area contributed by atoms with Gasteiger partial charge in [-0.05, 0) is 31.4 Å². The fourth-order valence-electron chi connectivity index (χ4n) is 3.31. The van der Waals surface area contributed by atoms with Gasteiger partial charge in [0.15, 0.2) is 5.82 Å². The van der Waals surface area contributed by atoms with E-state index in [2.05, 4.69) is 15.1 Å². The first-order chi connectivity index (χ1) is 12.9. The Labute approximate surface area is 159 Å². The molecule has 1 aliphatic heterocycles. The zero-order valence-electron chi connectivity index (χ0n) is 15.8. The van der Waals surface area contributed by atoms with E-state index >= 15 is 0 Å². The van der Waals surface area contributed by atoms with Crippen LogP contribution >= 0.6 is 0 Å². The molecule has 2 aromatic rings. The van der Waals surface area contributed by atoms with Crippen molar-refractivity contribution < 1.29 is 17.7 Å². The van der Waals surface area contributed by atoms with Crippen LogP contribution in [-0.4, -0.2) is 73.1 Å². The Morgan fingerprint density at radius 3 is 2.52 bits per heavy atom. The number of aromatic nitrogens is 3. The fourth-order valence-corrected chi connectivity index (χ4v) is 4.42. The Hall–Kier alpha value is -1.88. The van der Waals surface area contributed by atoms with Gasteiger partial charge in [0.1, 0.15) is 0 Å². The first-order valence-electron chi connectivity index (χ1n) is 8.80. The van der Waals surface area contributed by atoms with Crippen molar-refractivity contribution in [2.45, 2.75) is 24.7 Å². The van der Waals surface area contributed by atoms with Gasteiger partial charge in [-0.25, -0.2) is 0 Å². The molecule has 1 aliphatic rings. The highest BCUT2D eigenvalue weighted by Crippen LogP contribution is 2.38. The third-order valence-electron chi connectivity index (χ3n) is 5.08. The quantitative estimate of drug-likeness (QED) is 0.696. The predicted octanol–water partition coefficient (Wildman–Crippen LogP) is 1.31. The van der Waals surface area contributed by atoms with Gasteiger partial charge in [-0.1, -0.05) is 5.16 Å². The molecule has 0 unspecified atom stereocenters. The van der Waals surface area contributed by atoms with E-state index in [1.54, 1.807) is 33.6 Å². The van der Waals surface area contributed by atoms with Crippen molar-refractivity contribution in [2.75, 3.05) is 40.9 Å². The Kier molecular flexibility index (Phi) is 5.89. The molecule has 0 saturated carbocycles. The highest BCUT2D eigenvalue weighted by atomic mass is 32.2. The molecule has 0 atom stereocenters. The van der Waals surface area contributed by atoms with E-state index in [-0.39, 0.29) is 5.41 Å². The summed E-state index contributed by atoms with van der Waals surface area (Å²) in [7, 11) is 1.31. The molecule has 1 saturated heterocycles. The molecule has 27 heavy (non-hydrogen) atoms. The topological polar surface area (TPSA) is 102 Å². The van der Waals surface area contributed by atoms with E-state index in [0.717, 1.165) is 5.56 Å². The van der Waals surface area contributed by atoms with Crippen molar-refractivity contribution in [3.05, 3.63) is 30.4 Å². The first-order valence-corrected chi connectivity index (χ1v) is 10.2. The molecule has 2 aromatic heterocycles. The molecule has 148 valence electrons. The van der Waals surface area contributed by atoms with Crippen LogP contribution in [0.1, 0.15) is 25.1 Å². The van der Waals surface area contributed by atoms with Crippen LogP contribution in [0.4, 0.5) is 0 Å². The van der Waals surface area contributed by atoms with Crippen molar-refractivity contribution in [1.29, 1.82) is 0 Å². The normalized spacial score (nSPS) is 18.1. The molecule has 0 amide bonds. The van der Waals surface area contributed by atoms with E-state index in [1.807, 2.05) is 12.1 Å². The van der Waals surface area contributed by atoms with E-state index in [9.17, 15) is 8.42 Å². The van der Waals surface area contributed by atoms with Gasteiger partial charge >= 0.3 is 0 Å². The second-order valence-corrected chi connectivity index (χ2v) is 9.01. The molecule has 3 rings (SSSR count). The third kappa shape index (κ3) is 4.03. The van der Waals surface area contributed by atoms with E-state index in [0.29, 0.717) is 50.7 Å². The van der Waals surface area contributed by atoms with Gasteiger partial charge in [-0.15, -0.1) is 0 Å². The lowest BCUT2D eigenvalue weighted by Crippen LogP contribution is -2.49. The van der Waals surface area contributed by atoms with Crippen LogP contribution in [0.2, 0.25) is 0 Å². The minimum Gasteiger partial charge on any atom is -0.385 e. The van der Waals surface area contributed by atoms with Crippen molar-refractivity contribution in [3.63, 3.8) is 0 Å². The van der Waals surface area contributed by atoms with Crippen molar-refractivity contribution in [2.24, 2.45) is 0 Å². The van der Waals surface area contributed by atoms with Gasteiger partial charge in [0.2, 0.25) is 0 Å². The second-order valence-electron chi connectivity index (χ2n) is 6.87.